The number of hydrogen-bond donors (Lipinski definition) is 1. The van der Waals surface area contributed by atoms with Gasteiger partial charge in [-0.25, -0.2) is 13.8 Å². The summed E-state index contributed by atoms with van der Waals surface area (Å²) < 4.78 is 29.7. The Hall–Kier alpha value is -3.40. The summed E-state index contributed by atoms with van der Waals surface area (Å²) in [5.41, 5.74) is 1.55. The number of halogens is 2. The summed E-state index contributed by atoms with van der Waals surface area (Å²) in [6.07, 6.45) is 8.43. The number of amides is 2. The first-order valence-corrected chi connectivity index (χ1v) is 11.4. The first-order chi connectivity index (χ1) is 16.4. The van der Waals surface area contributed by atoms with Gasteiger partial charge in [0.1, 0.15) is 17.3 Å². The van der Waals surface area contributed by atoms with Crippen LogP contribution in [0.4, 0.5) is 8.78 Å². The highest BCUT2D eigenvalue weighted by Crippen LogP contribution is 2.31. The van der Waals surface area contributed by atoms with E-state index in [9.17, 15) is 18.4 Å². The number of hydrogen-bond acceptors (Lipinski definition) is 5. The lowest BCUT2D eigenvalue weighted by molar-refractivity contribution is -0.126. The molecule has 178 valence electrons. The van der Waals surface area contributed by atoms with Crippen LogP contribution in [0.25, 0.3) is 5.52 Å². The average Bonchev–Trinajstić information content (AvgIpc) is 3.46. The molecule has 0 radical (unpaired) electrons. The van der Waals surface area contributed by atoms with E-state index in [4.69, 9.17) is 0 Å². The molecule has 3 atom stereocenters. The van der Waals surface area contributed by atoms with Gasteiger partial charge in [-0.3, -0.25) is 23.9 Å². The Kier molecular flexibility index (Phi) is 5.99. The van der Waals surface area contributed by atoms with Gasteiger partial charge >= 0.3 is 0 Å². The van der Waals surface area contributed by atoms with E-state index in [0.717, 1.165) is 25.5 Å². The van der Waals surface area contributed by atoms with E-state index in [1.165, 1.54) is 18.3 Å². The van der Waals surface area contributed by atoms with Crippen molar-refractivity contribution in [3.63, 3.8) is 0 Å². The largest absolute Gasteiger partial charge is 0.350 e. The van der Waals surface area contributed by atoms with Crippen molar-refractivity contribution in [3.05, 3.63) is 66.0 Å². The van der Waals surface area contributed by atoms with Crippen LogP contribution in [0.15, 0.2) is 43.1 Å². The molecule has 0 saturated carbocycles. The number of nitrogens with zero attached hydrogens (tertiary/aromatic N) is 5. The molecule has 2 aliphatic rings. The quantitative estimate of drug-likeness (QED) is 0.635. The van der Waals surface area contributed by atoms with Crippen molar-refractivity contribution < 1.29 is 18.4 Å². The third-order valence-electron chi connectivity index (χ3n) is 6.91. The molecule has 2 fully saturated rings. The second kappa shape index (κ2) is 9.09. The fraction of sp³-hybridized carbons (Fsp3) is 0.417. The number of fused-ring (bicyclic) bond motifs is 1. The maximum Gasteiger partial charge on any atom is 0.272 e. The Morgan fingerprint density at radius 2 is 1.79 bits per heavy atom. The van der Waals surface area contributed by atoms with E-state index in [0.29, 0.717) is 29.7 Å². The predicted octanol–water partition coefficient (Wildman–Crippen LogP) is 2.22. The zero-order chi connectivity index (χ0) is 23.8. The van der Waals surface area contributed by atoms with Crippen molar-refractivity contribution in [3.8, 4) is 0 Å². The molecule has 2 aliphatic heterocycles. The summed E-state index contributed by atoms with van der Waals surface area (Å²) in [5.74, 6) is -2.01. The molecule has 3 aromatic rings. The smallest absolute Gasteiger partial charge is 0.272 e. The van der Waals surface area contributed by atoms with Gasteiger partial charge < -0.3 is 10.2 Å². The predicted molar refractivity (Wildman–Crippen MR) is 120 cm³/mol. The third kappa shape index (κ3) is 4.25. The minimum absolute atomic E-state index is 0.125. The van der Waals surface area contributed by atoms with Gasteiger partial charge in [-0.2, -0.15) is 0 Å². The second-order valence-corrected chi connectivity index (χ2v) is 9.08. The molecule has 8 nitrogen and oxygen atoms in total. The topological polar surface area (TPSA) is 82.8 Å². The Labute approximate surface area is 195 Å². The minimum Gasteiger partial charge on any atom is -0.350 e. The van der Waals surface area contributed by atoms with Crippen molar-refractivity contribution in [2.24, 2.45) is 0 Å². The molecule has 1 N–H and O–H groups in total. The summed E-state index contributed by atoms with van der Waals surface area (Å²) >= 11 is 0. The number of piperidine rings is 1. The van der Waals surface area contributed by atoms with Gasteiger partial charge in [0.05, 0.1) is 42.5 Å². The van der Waals surface area contributed by atoms with Crippen molar-refractivity contribution in [2.45, 2.75) is 37.3 Å². The molecule has 1 aromatic carbocycles. The summed E-state index contributed by atoms with van der Waals surface area (Å²) in [7, 11) is 1.91. The van der Waals surface area contributed by atoms with Crippen LogP contribution < -0.4 is 5.32 Å². The Morgan fingerprint density at radius 3 is 2.53 bits per heavy atom. The van der Waals surface area contributed by atoms with Gasteiger partial charge in [0, 0.05) is 25.1 Å². The van der Waals surface area contributed by atoms with Crippen LogP contribution in [0.3, 0.4) is 0 Å². The van der Waals surface area contributed by atoms with Gasteiger partial charge in [0.25, 0.3) is 5.91 Å². The van der Waals surface area contributed by atoms with E-state index >= 15 is 0 Å². The maximum atomic E-state index is 14.0. The molecule has 2 saturated heterocycles. The van der Waals surface area contributed by atoms with Crippen molar-refractivity contribution in [2.75, 3.05) is 26.7 Å². The lowest BCUT2D eigenvalue weighted by Gasteiger charge is -2.40. The van der Waals surface area contributed by atoms with Crippen LogP contribution in [0.5, 0.6) is 0 Å². The van der Waals surface area contributed by atoms with Gasteiger partial charge in [-0.1, -0.05) is 0 Å². The Balaban J connectivity index is 1.42. The van der Waals surface area contributed by atoms with E-state index < -0.39 is 17.7 Å². The average molecular weight is 469 g/mol. The van der Waals surface area contributed by atoms with Crippen molar-refractivity contribution in [1.29, 1.82) is 0 Å². The number of aromatic nitrogens is 3. The summed E-state index contributed by atoms with van der Waals surface area (Å²) in [5, 5.41) is 3.09. The molecule has 10 heteroatoms. The number of carbonyl (C=O) groups is 2. The normalized spacial score (nSPS) is 23.4. The van der Waals surface area contributed by atoms with E-state index in [1.54, 1.807) is 28.0 Å². The highest BCUT2D eigenvalue weighted by Gasteiger charge is 2.37. The van der Waals surface area contributed by atoms with Gasteiger partial charge in [-0.05, 0) is 50.6 Å². The molecular weight excluding hydrogens is 442 g/mol. The number of imidazole rings is 1. The molecule has 0 unspecified atom stereocenters. The first-order valence-electron chi connectivity index (χ1n) is 11.4. The van der Waals surface area contributed by atoms with Crippen LogP contribution in [0.1, 0.15) is 41.2 Å². The Bertz CT molecular complexity index is 1210. The fourth-order valence-electron chi connectivity index (χ4n) is 5.16. The molecule has 2 aromatic heterocycles. The number of benzene rings is 1. The van der Waals surface area contributed by atoms with Crippen molar-refractivity contribution in [1.82, 2.24) is 29.5 Å². The van der Waals surface area contributed by atoms with E-state index in [-0.39, 0.29) is 30.3 Å². The number of likely N-dealkylation sites (tertiary alicyclic amines) is 2. The number of rotatable bonds is 4. The van der Waals surface area contributed by atoms with E-state index in [2.05, 4.69) is 15.3 Å². The number of nitrogens with one attached hydrogen (secondary N) is 1. The zero-order valence-corrected chi connectivity index (χ0v) is 18.8. The molecule has 5 rings (SSSR count). The zero-order valence-electron chi connectivity index (χ0n) is 18.8. The summed E-state index contributed by atoms with van der Waals surface area (Å²) in [6, 6.07) is 2.71. The molecular formula is C24H26F2N6O2. The fourth-order valence-corrected chi connectivity index (χ4v) is 5.16. The molecule has 2 amide bonds. The highest BCUT2D eigenvalue weighted by atomic mass is 19.1. The molecule has 34 heavy (non-hydrogen) atoms. The van der Waals surface area contributed by atoms with Crippen LogP contribution in [0, 0.1) is 11.6 Å². The van der Waals surface area contributed by atoms with Crippen LogP contribution in [-0.2, 0) is 4.79 Å². The van der Waals surface area contributed by atoms with Gasteiger partial charge in [-0.15, -0.1) is 0 Å². The van der Waals surface area contributed by atoms with Gasteiger partial charge in [0.15, 0.2) is 0 Å². The first kappa shape index (κ1) is 22.4. The standard InChI is InChI=1S/C24H26F2N6O2/c1-30-5-2-3-21(30)23(33)29-20-13-31(6-4-19(20)15-7-16(25)9-17(26)8-15)24(34)22-12-27-10-18-11-28-14-32(18)22/h7-12,14,19-21H,2-6,13H2,1H3,(H,29,33)/t19-,20+,21+/m0/s1. The van der Waals surface area contributed by atoms with Gasteiger partial charge in [0.2, 0.25) is 5.91 Å². The number of likely N-dealkylation sites (N-methyl/N-ethyl adjacent to an activating group) is 1. The number of carbonyl (C=O) groups excluding carboxylic acids is 2. The molecule has 0 aliphatic carbocycles. The second-order valence-electron chi connectivity index (χ2n) is 9.08. The van der Waals surface area contributed by atoms with Crippen LogP contribution >= 0.6 is 0 Å². The minimum atomic E-state index is -0.660. The van der Waals surface area contributed by atoms with E-state index in [1.807, 2.05) is 11.9 Å². The molecule has 0 spiro atoms. The Morgan fingerprint density at radius 1 is 1.03 bits per heavy atom. The lowest BCUT2D eigenvalue weighted by atomic mass is 9.84. The SMILES string of the molecule is CN1CCC[C@@H]1C(=O)N[C@@H]1CN(C(=O)c2cncc3cncn23)CC[C@H]1c1cc(F)cc(F)c1. The molecule has 4 heterocycles. The van der Waals surface area contributed by atoms with Crippen LogP contribution in [-0.4, -0.2) is 74.7 Å². The molecule has 0 bridgehead atoms. The maximum absolute atomic E-state index is 14.0. The summed E-state index contributed by atoms with van der Waals surface area (Å²) in [6.45, 7) is 1.44. The summed E-state index contributed by atoms with van der Waals surface area (Å²) in [4.78, 5) is 38.4. The van der Waals surface area contributed by atoms with Crippen LogP contribution in [0.2, 0.25) is 0 Å². The highest BCUT2D eigenvalue weighted by molar-refractivity contribution is 5.93. The monoisotopic (exact) mass is 468 g/mol. The van der Waals surface area contributed by atoms with Crippen molar-refractivity contribution >= 4 is 17.3 Å². The third-order valence-corrected chi connectivity index (χ3v) is 6.91. The lowest BCUT2D eigenvalue weighted by Crippen LogP contribution is -2.56.